The van der Waals surface area contributed by atoms with E-state index >= 15 is 0 Å². The number of benzene rings is 2. The van der Waals surface area contributed by atoms with Crippen molar-refractivity contribution in [1.82, 2.24) is 5.32 Å². The van der Waals surface area contributed by atoms with E-state index in [1.165, 1.54) is 16.9 Å². The molecule has 5 nitrogen and oxygen atoms in total. The summed E-state index contributed by atoms with van der Waals surface area (Å²) in [5.74, 6) is 0.531. The lowest BCUT2D eigenvalue weighted by Gasteiger charge is -2.15. The molecule has 1 aromatic heterocycles. The van der Waals surface area contributed by atoms with Crippen molar-refractivity contribution in [3.8, 4) is 16.2 Å². The maximum atomic E-state index is 13.0. The van der Waals surface area contributed by atoms with Gasteiger partial charge in [0.25, 0.3) is 10.0 Å². The van der Waals surface area contributed by atoms with Gasteiger partial charge in [0.15, 0.2) is 0 Å². The molecule has 0 saturated heterocycles. The summed E-state index contributed by atoms with van der Waals surface area (Å²) < 4.78 is 34.5. The van der Waals surface area contributed by atoms with Crippen LogP contribution in [0.5, 0.6) is 5.75 Å². The summed E-state index contributed by atoms with van der Waals surface area (Å²) in [5, 5.41) is 4.00. The average Bonchev–Trinajstić information content (AvgIpc) is 3.10. The summed E-state index contributed by atoms with van der Waals surface area (Å²) in [5.41, 5.74) is 3.73. The van der Waals surface area contributed by atoms with E-state index in [1.807, 2.05) is 30.3 Å². The first kappa shape index (κ1) is 22.9. The van der Waals surface area contributed by atoms with Crippen LogP contribution in [0.4, 0.5) is 5.69 Å². The molecule has 0 spiro atoms. The molecule has 0 amide bonds. The first-order chi connectivity index (χ1) is 14.0. The highest BCUT2D eigenvalue weighted by Crippen LogP contribution is 2.35. The molecule has 0 bridgehead atoms. The van der Waals surface area contributed by atoms with Crippen molar-refractivity contribution in [3.63, 3.8) is 0 Å². The molecule has 0 atom stereocenters. The van der Waals surface area contributed by atoms with Crippen LogP contribution in [0.2, 0.25) is 5.02 Å². The highest BCUT2D eigenvalue weighted by molar-refractivity contribution is 7.94. The van der Waals surface area contributed by atoms with E-state index in [-0.39, 0.29) is 16.6 Å². The van der Waals surface area contributed by atoms with E-state index in [4.69, 9.17) is 16.3 Å². The number of fused-ring (bicyclic) bond motifs is 1. The molecule has 160 valence electrons. The molecule has 1 aliphatic rings. The molecular formula is C21H22Cl2N2O3S2. The molecule has 4 rings (SSSR count). The fraction of sp³-hybridized carbons (Fsp3) is 0.238. The van der Waals surface area contributed by atoms with Gasteiger partial charge in [-0.15, -0.1) is 23.7 Å². The standard InChI is InChI=1S/C21H21ClN2O3S2.ClH/c1-27-19-13-16-9-11-23-10-8-15(16)12-18(19)24-29(25,26)21-7-6-20(28-21)14-2-4-17(22)5-3-14;/h2-7,12-13,23-24H,8-11H2,1H3;1H. The normalized spacial score (nSPS) is 13.7. The molecule has 0 saturated carbocycles. The predicted octanol–water partition coefficient (Wildman–Crippen LogP) is 4.99. The third-order valence-corrected chi connectivity index (χ3v) is 8.13. The summed E-state index contributed by atoms with van der Waals surface area (Å²) in [6.07, 6.45) is 1.75. The lowest BCUT2D eigenvalue weighted by Crippen LogP contribution is -2.16. The number of ether oxygens (including phenoxy) is 1. The van der Waals surface area contributed by atoms with Crippen LogP contribution in [0.1, 0.15) is 11.1 Å². The van der Waals surface area contributed by atoms with Gasteiger partial charge in [-0.3, -0.25) is 4.72 Å². The van der Waals surface area contributed by atoms with Crippen molar-refractivity contribution in [2.75, 3.05) is 24.9 Å². The van der Waals surface area contributed by atoms with Crippen LogP contribution in [-0.2, 0) is 22.9 Å². The number of halogens is 2. The Bertz CT molecular complexity index is 1130. The third kappa shape index (κ3) is 4.92. The number of nitrogens with one attached hydrogen (secondary N) is 2. The molecule has 2 N–H and O–H groups in total. The zero-order chi connectivity index (χ0) is 20.4. The summed E-state index contributed by atoms with van der Waals surface area (Å²) in [6.45, 7) is 1.78. The fourth-order valence-corrected chi connectivity index (χ4v) is 5.88. The van der Waals surface area contributed by atoms with Crippen LogP contribution in [-0.4, -0.2) is 28.6 Å². The maximum absolute atomic E-state index is 13.0. The maximum Gasteiger partial charge on any atom is 0.271 e. The molecule has 9 heteroatoms. The monoisotopic (exact) mass is 484 g/mol. The van der Waals surface area contributed by atoms with Crippen LogP contribution < -0.4 is 14.8 Å². The van der Waals surface area contributed by atoms with Crippen molar-refractivity contribution in [1.29, 1.82) is 0 Å². The first-order valence-corrected chi connectivity index (χ1v) is 11.9. The second kappa shape index (κ2) is 9.58. The van der Waals surface area contributed by atoms with Crippen LogP contribution in [0.25, 0.3) is 10.4 Å². The van der Waals surface area contributed by atoms with Gasteiger partial charge in [0, 0.05) is 9.90 Å². The number of anilines is 1. The van der Waals surface area contributed by atoms with Crippen molar-refractivity contribution in [2.24, 2.45) is 0 Å². The number of hydrogen-bond acceptors (Lipinski definition) is 5. The number of methoxy groups -OCH3 is 1. The van der Waals surface area contributed by atoms with E-state index < -0.39 is 10.0 Å². The molecule has 30 heavy (non-hydrogen) atoms. The summed E-state index contributed by atoms with van der Waals surface area (Å²) in [7, 11) is -2.18. The Hall–Kier alpha value is -1.77. The van der Waals surface area contributed by atoms with Gasteiger partial charge in [-0.25, -0.2) is 8.42 Å². The Morgan fingerprint density at radius 1 is 1.03 bits per heavy atom. The Kier molecular flexibility index (Phi) is 7.31. The second-order valence-electron chi connectivity index (χ2n) is 6.80. The number of thiophene rings is 1. The summed E-state index contributed by atoms with van der Waals surface area (Å²) >= 11 is 7.16. The van der Waals surface area contributed by atoms with E-state index in [0.29, 0.717) is 16.5 Å². The van der Waals surface area contributed by atoms with Crippen molar-refractivity contribution < 1.29 is 13.2 Å². The number of sulfonamides is 1. The molecule has 2 heterocycles. The van der Waals surface area contributed by atoms with Crippen molar-refractivity contribution >= 4 is 51.1 Å². The second-order valence-corrected chi connectivity index (χ2v) is 10.2. The fourth-order valence-electron chi connectivity index (χ4n) is 3.38. The van der Waals surface area contributed by atoms with Gasteiger partial charge in [-0.2, -0.15) is 0 Å². The molecule has 2 aromatic carbocycles. The van der Waals surface area contributed by atoms with Gasteiger partial charge in [-0.05, 0) is 79.0 Å². The van der Waals surface area contributed by atoms with E-state index in [2.05, 4.69) is 10.0 Å². The van der Waals surface area contributed by atoms with E-state index in [9.17, 15) is 8.42 Å². The number of hydrogen-bond donors (Lipinski definition) is 2. The molecule has 0 unspecified atom stereocenters. The molecular weight excluding hydrogens is 463 g/mol. The SMILES string of the molecule is COc1cc2c(cc1NS(=O)(=O)c1ccc(-c3ccc(Cl)cc3)s1)CCNCC2.Cl. The van der Waals surface area contributed by atoms with Gasteiger partial charge in [0.1, 0.15) is 9.96 Å². The van der Waals surface area contributed by atoms with Crippen LogP contribution >= 0.6 is 35.3 Å². The average molecular weight is 485 g/mol. The lowest BCUT2D eigenvalue weighted by atomic mass is 10.0. The molecule has 3 aromatic rings. The Labute approximate surface area is 191 Å². The molecule has 0 radical (unpaired) electrons. The van der Waals surface area contributed by atoms with Crippen LogP contribution in [0.3, 0.4) is 0 Å². The van der Waals surface area contributed by atoms with Gasteiger partial charge in [0.2, 0.25) is 0 Å². The zero-order valence-corrected chi connectivity index (χ0v) is 19.5. The van der Waals surface area contributed by atoms with Gasteiger partial charge < -0.3 is 10.1 Å². The minimum Gasteiger partial charge on any atom is -0.495 e. The molecule has 1 aliphatic heterocycles. The van der Waals surface area contributed by atoms with Crippen molar-refractivity contribution in [2.45, 2.75) is 17.1 Å². The van der Waals surface area contributed by atoms with E-state index in [0.717, 1.165) is 41.9 Å². The summed E-state index contributed by atoms with van der Waals surface area (Å²) in [6, 6.07) is 14.6. The minimum absolute atomic E-state index is 0. The highest BCUT2D eigenvalue weighted by atomic mass is 35.5. The van der Waals surface area contributed by atoms with Crippen LogP contribution in [0.15, 0.2) is 52.7 Å². The zero-order valence-electron chi connectivity index (χ0n) is 16.3. The number of rotatable bonds is 5. The first-order valence-electron chi connectivity index (χ1n) is 9.25. The molecule has 0 fully saturated rings. The van der Waals surface area contributed by atoms with Crippen molar-refractivity contribution in [3.05, 3.63) is 64.7 Å². The highest BCUT2D eigenvalue weighted by Gasteiger charge is 2.21. The van der Waals surface area contributed by atoms with Gasteiger partial charge in [-0.1, -0.05) is 23.7 Å². The van der Waals surface area contributed by atoms with E-state index in [1.54, 1.807) is 25.3 Å². The molecule has 0 aliphatic carbocycles. The predicted molar refractivity (Wildman–Crippen MR) is 126 cm³/mol. The van der Waals surface area contributed by atoms with Gasteiger partial charge in [0.05, 0.1) is 12.8 Å². The van der Waals surface area contributed by atoms with Crippen LogP contribution in [0, 0.1) is 0 Å². The largest absolute Gasteiger partial charge is 0.495 e. The Morgan fingerprint density at radius 2 is 1.70 bits per heavy atom. The lowest BCUT2D eigenvalue weighted by molar-refractivity contribution is 0.416. The Balaban J connectivity index is 0.00000256. The quantitative estimate of drug-likeness (QED) is 0.535. The topological polar surface area (TPSA) is 67.4 Å². The Morgan fingerprint density at radius 3 is 2.37 bits per heavy atom. The third-order valence-electron chi connectivity index (χ3n) is 4.88. The smallest absolute Gasteiger partial charge is 0.271 e. The summed E-state index contributed by atoms with van der Waals surface area (Å²) in [4.78, 5) is 0.863. The van der Waals surface area contributed by atoms with Gasteiger partial charge >= 0.3 is 0 Å². The minimum atomic E-state index is -3.73.